The lowest BCUT2D eigenvalue weighted by Gasteiger charge is -2.13. The molecule has 7 heteroatoms. The fraction of sp³-hybridized carbons (Fsp3) is 0.583. The van der Waals surface area contributed by atoms with E-state index in [2.05, 4.69) is 15.6 Å². The van der Waals surface area contributed by atoms with Gasteiger partial charge in [0.05, 0.1) is 5.69 Å². The number of thiazole rings is 1. The Hall–Kier alpha value is -1.63. The van der Waals surface area contributed by atoms with Gasteiger partial charge in [-0.25, -0.2) is 14.6 Å². The largest absolute Gasteiger partial charge is 0.480 e. The van der Waals surface area contributed by atoms with Crippen molar-refractivity contribution in [1.82, 2.24) is 10.3 Å². The number of hydrogen-bond donors (Lipinski definition) is 3. The van der Waals surface area contributed by atoms with Crippen LogP contribution in [0.5, 0.6) is 0 Å². The van der Waals surface area contributed by atoms with Crippen molar-refractivity contribution in [3.8, 4) is 0 Å². The molecule has 0 aliphatic rings. The molecule has 0 saturated heterocycles. The second-order valence-corrected chi connectivity index (χ2v) is 5.36. The van der Waals surface area contributed by atoms with E-state index in [1.54, 1.807) is 0 Å². The molecule has 0 aliphatic heterocycles. The minimum atomic E-state index is -1.03. The molecule has 1 aromatic rings. The van der Waals surface area contributed by atoms with Gasteiger partial charge >= 0.3 is 12.0 Å². The highest BCUT2D eigenvalue weighted by molar-refractivity contribution is 7.15. The smallest absolute Gasteiger partial charge is 0.326 e. The standard InChI is InChI=1S/C12H19N3O3S/c1-4-6-9(10(16)17)13-11(18)15-12-14-8(5-2)7(3)19-12/h9H,4-6H2,1-3H3,(H,16,17)(H2,13,14,15,18). The van der Waals surface area contributed by atoms with Crippen LogP contribution in [-0.4, -0.2) is 28.1 Å². The Kier molecular flexibility index (Phi) is 5.75. The summed E-state index contributed by atoms with van der Waals surface area (Å²) in [6.07, 6.45) is 1.90. The number of hydrogen-bond acceptors (Lipinski definition) is 4. The molecule has 0 aliphatic carbocycles. The fourth-order valence-corrected chi connectivity index (χ4v) is 2.54. The predicted molar refractivity (Wildman–Crippen MR) is 74.7 cm³/mol. The number of nitrogens with one attached hydrogen (secondary N) is 2. The Morgan fingerprint density at radius 3 is 2.58 bits per heavy atom. The van der Waals surface area contributed by atoms with Gasteiger partial charge in [0, 0.05) is 4.88 Å². The SMILES string of the molecule is CCCC(NC(=O)Nc1nc(CC)c(C)s1)C(=O)O. The summed E-state index contributed by atoms with van der Waals surface area (Å²) in [4.78, 5) is 27.9. The number of nitrogens with zero attached hydrogens (tertiary/aromatic N) is 1. The van der Waals surface area contributed by atoms with Crippen molar-refractivity contribution in [3.63, 3.8) is 0 Å². The van der Waals surface area contributed by atoms with E-state index in [0.29, 0.717) is 18.0 Å². The number of carbonyl (C=O) groups excluding carboxylic acids is 1. The van der Waals surface area contributed by atoms with Gasteiger partial charge in [-0.1, -0.05) is 20.3 Å². The molecule has 1 rings (SSSR count). The molecule has 1 unspecified atom stereocenters. The van der Waals surface area contributed by atoms with Gasteiger partial charge in [-0.15, -0.1) is 11.3 Å². The van der Waals surface area contributed by atoms with Crippen molar-refractivity contribution in [3.05, 3.63) is 10.6 Å². The molecule has 0 bridgehead atoms. The van der Waals surface area contributed by atoms with E-state index < -0.39 is 18.0 Å². The summed E-state index contributed by atoms with van der Waals surface area (Å²) in [5.41, 5.74) is 0.948. The van der Waals surface area contributed by atoms with E-state index >= 15 is 0 Å². The number of carbonyl (C=O) groups is 2. The second-order valence-electron chi connectivity index (χ2n) is 4.15. The van der Waals surface area contributed by atoms with Crippen LogP contribution >= 0.6 is 11.3 Å². The molecule has 0 fully saturated rings. The minimum Gasteiger partial charge on any atom is -0.480 e. The molecule has 19 heavy (non-hydrogen) atoms. The maximum absolute atomic E-state index is 11.7. The molecule has 0 radical (unpaired) electrons. The van der Waals surface area contributed by atoms with Crippen LogP contribution < -0.4 is 10.6 Å². The molecular formula is C12H19N3O3S. The molecule has 0 aromatic carbocycles. The van der Waals surface area contributed by atoms with Crippen molar-refractivity contribution >= 4 is 28.5 Å². The second kappa shape index (κ2) is 7.08. The summed E-state index contributed by atoms with van der Waals surface area (Å²) in [5.74, 6) is -1.03. The minimum absolute atomic E-state index is 0.403. The third-order valence-electron chi connectivity index (χ3n) is 2.63. The average molecular weight is 285 g/mol. The summed E-state index contributed by atoms with van der Waals surface area (Å²) < 4.78 is 0. The number of carboxylic acid groups (broad SMARTS) is 1. The molecular weight excluding hydrogens is 266 g/mol. The molecule has 3 N–H and O–H groups in total. The Balaban J connectivity index is 2.60. The van der Waals surface area contributed by atoms with E-state index in [1.807, 2.05) is 20.8 Å². The molecule has 2 amide bonds. The number of aromatic nitrogens is 1. The Labute approximate surface area is 116 Å². The Morgan fingerprint density at radius 2 is 2.11 bits per heavy atom. The summed E-state index contributed by atoms with van der Waals surface area (Å²) in [7, 11) is 0. The molecule has 6 nitrogen and oxygen atoms in total. The first-order valence-corrected chi connectivity index (χ1v) is 7.06. The van der Waals surface area contributed by atoms with E-state index in [0.717, 1.165) is 17.0 Å². The highest BCUT2D eigenvalue weighted by Crippen LogP contribution is 2.22. The Bertz CT molecular complexity index is 459. The van der Waals surface area contributed by atoms with E-state index in [-0.39, 0.29) is 0 Å². The van der Waals surface area contributed by atoms with Gasteiger partial charge in [-0.2, -0.15) is 0 Å². The lowest BCUT2D eigenvalue weighted by atomic mass is 10.2. The highest BCUT2D eigenvalue weighted by atomic mass is 32.1. The lowest BCUT2D eigenvalue weighted by molar-refractivity contribution is -0.139. The zero-order chi connectivity index (χ0) is 14.4. The van der Waals surface area contributed by atoms with Crippen LogP contribution in [0.4, 0.5) is 9.93 Å². The molecule has 1 heterocycles. The average Bonchev–Trinajstić information content (AvgIpc) is 2.68. The monoisotopic (exact) mass is 285 g/mol. The number of aliphatic carboxylic acids is 1. The zero-order valence-electron chi connectivity index (χ0n) is 11.3. The normalized spacial score (nSPS) is 11.9. The van der Waals surface area contributed by atoms with Crippen molar-refractivity contribution in [2.24, 2.45) is 0 Å². The summed E-state index contributed by atoms with van der Waals surface area (Å²) in [6.45, 7) is 5.80. The third kappa shape index (κ3) is 4.51. The molecule has 1 atom stereocenters. The number of carboxylic acids is 1. The van der Waals surface area contributed by atoms with Crippen LogP contribution in [0, 0.1) is 6.92 Å². The van der Waals surface area contributed by atoms with Crippen LogP contribution in [0.1, 0.15) is 37.3 Å². The van der Waals surface area contributed by atoms with E-state index in [1.165, 1.54) is 11.3 Å². The van der Waals surface area contributed by atoms with Gasteiger partial charge in [0.15, 0.2) is 5.13 Å². The summed E-state index contributed by atoms with van der Waals surface area (Å²) >= 11 is 1.39. The Morgan fingerprint density at radius 1 is 1.42 bits per heavy atom. The number of urea groups is 1. The van der Waals surface area contributed by atoms with Gasteiger partial charge < -0.3 is 10.4 Å². The molecule has 0 spiro atoms. The van der Waals surface area contributed by atoms with Gasteiger partial charge in [-0.3, -0.25) is 5.32 Å². The van der Waals surface area contributed by atoms with Crippen LogP contribution in [-0.2, 0) is 11.2 Å². The van der Waals surface area contributed by atoms with Crippen molar-refractivity contribution < 1.29 is 14.7 Å². The van der Waals surface area contributed by atoms with Gasteiger partial charge in [0.2, 0.25) is 0 Å². The molecule has 1 aromatic heterocycles. The van der Waals surface area contributed by atoms with Crippen molar-refractivity contribution in [2.75, 3.05) is 5.32 Å². The van der Waals surface area contributed by atoms with Gasteiger partial charge in [0.25, 0.3) is 0 Å². The first kappa shape index (κ1) is 15.4. The maximum atomic E-state index is 11.7. The fourth-order valence-electron chi connectivity index (χ4n) is 1.65. The quantitative estimate of drug-likeness (QED) is 0.748. The zero-order valence-corrected chi connectivity index (χ0v) is 12.1. The summed E-state index contributed by atoms with van der Waals surface area (Å²) in [5, 5.41) is 14.4. The van der Waals surface area contributed by atoms with Gasteiger partial charge in [-0.05, 0) is 19.8 Å². The first-order valence-electron chi connectivity index (χ1n) is 6.24. The van der Waals surface area contributed by atoms with Crippen molar-refractivity contribution in [1.29, 1.82) is 0 Å². The molecule has 0 saturated carbocycles. The van der Waals surface area contributed by atoms with E-state index in [4.69, 9.17) is 5.11 Å². The first-order chi connectivity index (χ1) is 8.97. The molecule has 106 valence electrons. The lowest BCUT2D eigenvalue weighted by Crippen LogP contribution is -2.42. The van der Waals surface area contributed by atoms with Crippen LogP contribution in [0.3, 0.4) is 0 Å². The van der Waals surface area contributed by atoms with E-state index in [9.17, 15) is 9.59 Å². The number of rotatable bonds is 6. The predicted octanol–water partition coefficient (Wildman–Crippen LogP) is 2.39. The number of anilines is 1. The third-order valence-corrected chi connectivity index (χ3v) is 3.56. The van der Waals surface area contributed by atoms with Gasteiger partial charge in [0.1, 0.15) is 6.04 Å². The maximum Gasteiger partial charge on any atom is 0.326 e. The number of aryl methyl sites for hydroxylation is 2. The van der Waals surface area contributed by atoms with Crippen LogP contribution in [0.2, 0.25) is 0 Å². The number of amides is 2. The summed E-state index contributed by atoms with van der Waals surface area (Å²) in [6, 6.07) is -1.39. The van der Waals surface area contributed by atoms with Crippen molar-refractivity contribution in [2.45, 2.75) is 46.1 Å². The topological polar surface area (TPSA) is 91.3 Å². The highest BCUT2D eigenvalue weighted by Gasteiger charge is 2.19. The van der Waals surface area contributed by atoms with Crippen LogP contribution in [0.15, 0.2) is 0 Å². The van der Waals surface area contributed by atoms with Crippen LogP contribution in [0.25, 0.3) is 0 Å².